The van der Waals surface area contributed by atoms with Crippen LogP contribution >= 0.6 is 10.3 Å². The molecule has 0 saturated heterocycles. The molecule has 0 amide bonds. The average Bonchev–Trinajstić information content (AvgIpc) is 3.06. The van der Waals surface area contributed by atoms with Crippen molar-refractivity contribution in [2.24, 2.45) is 0 Å². The molecule has 4 aromatic carbocycles. The SMILES string of the molecule is CC(C)(C)OC(=O)COc1cc(OCC(=O)OC(C)(C)C)cc(S(OS(=O)(=O)c2c(F)c(F)c(F)c(F)c2F)(c2ccccc2)c2ccccc2)c1. The first kappa shape index (κ1) is 40.1. The van der Waals surface area contributed by atoms with E-state index < -0.39 is 90.8 Å². The van der Waals surface area contributed by atoms with Crippen molar-refractivity contribution in [1.29, 1.82) is 0 Å². The zero-order valence-electron chi connectivity index (χ0n) is 28.8. The van der Waals surface area contributed by atoms with Crippen LogP contribution in [0.2, 0.25) is 0 Å². The molecule has 0 N–H and O–H groups in total. The van der Waals surface area contributed by atoms with Crippen LogP contribution in [0.15, 0.2) is 98.4 Å². The van der Waals surface area contributed by atoms with E-state index in [-0.39, 0.29) is 26.2 Å². The highest BCUT2D eigenvalue weighted by Crippen LogP contribution is 2.71. The minimum absolute atomic E-state index is 0.0658. The molecule has 280 valence electrons. The molecule has 0 aliphatic heterocycles. The van der Waals surface area contributed by atoms with Gasteiger partial charge >= 0.3 is 22.1 Å². The maximum atomic E-state index is 15.1. The number of hydrogen-bond donors (Lipinski definition) is 0. The van der Waals surface area contributed by atoms with E-state index in [1.54, 1.807) is 53.7 Å². The smallest absolute Gasteiger partial charge is 0.344 e. The summed E-state index contributed by atoms with van der Waals surface area (Å²) in [5.41, 5.74) is -1.76. The van der Waals surface area contributed by atoms with Crippen molar-refractivity contribution in [1.82, 2.24) is 0 Å². The van der Waals surface area contributed by atoms with Crippen LogP contribution in [0.4, 0.5) is 22.0 Å². The van der Waals surface area contributed by atoms with E-state index in [1.807, 2.05) is 0 Å². The minimum Gasteiger partial charge on any atom is -0.482 e. The lowest BCUT2D eigenvalue weighted by atomic mass is 10.2. The summed E-state index contributed by atoms with van der Waals surface area (Å²) in [6.45, 7) is 8.48. The molecule has 0 bridgehead atoms. The summed E-state index contributed by atoms with van der Waals surface area (Å²) >= 11 is 0. The predicted octanol–water partition coefficient (Wildman–Crippen LogP) is 8.43. The summed E-state index contributed by atoms with van der Waals surface area (Å²) in [5, 5.41) is 0. The zero-order chi connectivity index (χ0) is 38.6. The predicted molar refractivity (Wildman–Crippen MR) is 179 cm³/mol. The van der Waals surface area contributed by atoms with E-state index in [9.17, 15) is 31.2 Å². The van der Waals surface area contributed by atoms with Gasteiger partial charge in [-0.15, -0.1) is 0 Å². The lowest BCUT2D eigenvalue weighted by Crippen LogP contribution is -2.27. The normalized spacial score (nSPS) is 12.6. The van der Waals surface area contributed by atoms with E-state index in [1.165, 1.54) is 66.7 Å². The fraction of sp³-hybridized carbons (Fsp3) is 0.278. The Morgan fingerprint density at radius 2 is 0.923 bits per heavy atom. The van der Waals surface area contributed by atoms with E-state index in [4.69, 9.17) is 22.6 Å². The quantitative estimate of drug-likeness (QED) is 0.0606. The summed E-state index contributed by atoms with van der Waals surface area (Å²) < 4.78 is 129. The lowest BCUT2D eigenvalue weighted by molar-refractivity contribution is -0.158. The molecule has 0 fully saturated rings. The van der Waals surface area contributed by atoms with E-state index in [0.29, 0.717) is 0 Å². The second kappa shape index (κ2) is 15.5. The topological polar surface area (TPSA) is 114 Å². The highest BCUT2D eigenvalue weighted by molar-refractivity contribution is 8.33. The molecule has 4 aromatic rings. The Morgan fingerprint density at radius 3 is 1.29 bits per heavy atom. The van der Waals surface area contributed by atoms with Crippen molar-refractivity contribution in [3.8, 4) is 11.5 Å². The Hall–Kier alpha value is -4.67. The van der Waals surface area contributed by atoms with Gasteiger partial charge in [0.2, 0.25) is 5.82 Å². The second-order valence-corrected chi connectivity index (χ2v) is 17.4. The van der Waals surface area contributed by atoms with Gasteiger partial charge in [-0.3, -0.25) is 0 Å². The summed E-state index contributed by atoms with van der Waals surface area (Å²) in [4.78, 5) is 22.9. The number of ether oxygens (including phenoxy) is 4. The van der Waals surface area contributed by atoms with Gasteiger partial charge in [0.15, 0.2) is 41.4 Å². The fourth-order valence-corrected chi connectivity index (χ4v) is 10.00. The van der Waals surface area contributed by atoms with Crippen molar-refractivity contribution >= 4 is 32.4 Å². The molecule has 0 unspecified atom stereocenters. The molecular formula is C36H35F5O9S2. The Morgan fingerprint density at radius 1 is 0.558 bits per heavy atom. The zero-order valence-corrected chi connectivity index (χ0v) is 30.4. The molecule has 0 heterocycles. The van der Waals surface area contributed by atoms with Crippen LogP contribution in [-0.4, -0.2) is 44.8 Å². The Bertz CT molecular complexity index is 1930. The van der Waals surface area contributed by atoms with Crippen LogP contribution in [0.1, 0.15) is 41.5 Å². The van der Waals surface area contributed by atoms with Crippen LogP contribution in [-0.2, 0) is 32.8 Å². The molecule has 0 spiro atoms. The van der Waals surface area contributed by atoms with Gasteiger partial charge in [-0.25, -0.2) is 35.2 Å². The molecule has 16 heteroatoms. The summed E-state index contributed by atoms with van der Waals surface area (Å²) in [7, 11) is -9.73. The molecule has 52 heavy (non-hydrogen) atoms. The van der Waals surface area contributed by atoms with E-state index in [2.05, 4.69) is 0 Å². The van der Waals surface area contributed by atoms with Crippen LogP contribution in [0.25, 0.3) is 0 Å². The average molecular weight is 771 g/mol. The molecule has 0 saturated carbocycles. The van der Waals surface area contributed by atoms with Crippen molar-refractivity contribution < 1.29 is 62.5 Å². The molecule has 9 nitrogen and oxygen atoms in total. The number of carbonyl (C=O) groups is 2. The van der Waals surface area contributed by atoms with Gasteiger partial charge in [-0.2, -0.15) is 8.42 Å². The first-order valence-electron chi connectivity index (χ1n) is 15.4. The maximum Gasteiger partial charge on any atom is 0.344 e. The van der Waals surface area contributed by atoms with Crippen molar-refractivity contribution in [3.63, 3.8) is 0 Å². The highest BCUT2D eigenvalue weighted by atomic mass is 32.3. The summed E-state index contributed by atoms with van der Waals surface area (Å²) in [6, 6.07) is 18.6. The van der Waals surface area contributed by atoms with Crippen LogP contribution < -0.4 is 9.47 Å². The largest absolute Gasteiger partial charge is 0.482 e. The summed E-state index contributed by atoms with van der Waals surface area (Å²) in [5.74, 6) is -14.7. The first-order chi connectivity index (χ1) is 24.1. The van der Waals surface area contributed by atoms with Gasteiger partial charge in [0, 0.05) is 20.8 Å². The number of halogens is 5. The Balaban J connectivity index is 2.01. The van der Waals surface area contributed by atoms with Crippen LogP contribution in [0.5, 0.6) is 11.5 Å². The fourth-order valence-electron chi connectivity index (χ4n) is 4.63. The lowest BCUT2D eigenvalue weighted by Gasteiger charge is -2.39. The van der Waals surface area contributed by atoms with Gasteiger partial charge in [0.05, 0.1) is 0 Å². The minimum atomic E-state index is -5.89. The monoisotopic (exact) mass is 770 g/mol. The van der Waals surface area contributed by atoms with E-state index in [0.717, 1.165) is 0 Å². The molecule has 0 atom stereocenters. The number of rotatable bonds is 12. The number of carbonyl (C=O) groups excluding carboxylic acids is 2. The first-order valence-corrected chi connectivity index (χ1v) is 18.4. The van der Waals surface area contributed by atoms with Crippen LogP contribution in [0, 0.1) is 29.1 Å². The number of esters is 2. The molecular weight excluding hydrogens is 736 g/mol. The Kier molecular flexibility index (Phi) is 12.0. The summed E-state index contributed by atoms with van der Waals surface area (Å²) in [6.07, 6.45) is 0. The van der Waals surface area contributed by atoms with Crippen LogP contribution in [0.3, 0.4) is 0 Å². The van der Waals surface area contributed by atoms with Gasteiger partial charge in [-0.05, 0) is 88.2 Å². The third kappa shape index (κ3) is 9.40. The molecule has 0 aliphatic rings. The maximum absolute atomic E-state index is 15.1. The molecule has 4 rings (SSSR count). The van der Waals surface area contributed by atoms with E-state index >= 15 is 8.78 Å². The molecule has 0 radical (unpaired) electrons. The number of benzene rings is 4. The third-order valence-electron chi connectivity index (χ3n) is 6.50. The van der Waals surface area contributed by atoms with Crippen molar-refractivity contribution in [3.05, 3.63) is 108 Å². The van der Waals surface area contributed by atoms with Gasteiger partial charge in [0.25, 0.3) is 0 Å². The van der Waals surface area contributed by atoms with Gasteiger partial charge in [0.1, 0.15) is 22.7 Å². The molecule has 0 aromatic heterocycles. The standard InChI is InChI=1S/C36H35F5O9S2/c1-35(2,3)48-27(42)20-46-22-17-23(47-21-28(43)49-36(4,5)6)19-26(18-22)51(24-13-9-7-10-14-24,25-15-11-8-12-16-25)50-52(44,45)34-32(40)30(38)29(37)31(39)33(34)41/h7-19H,20-21H2,1-6H3. The van der Waals surface area contributed by atoms with Gasteiger partial charge in [-0.1, -0.05) is 36.4 Å². The third-order valence-corrected chi connectivity index (χ3v) is 11.7. The molecule has 0 aliphatic carbocycles. The van der Waals surface area contributed by atoms with Crippen molar-refractivity contribution in [2.45, 2.75) is 72.3 Å². The highest BCUT2D eigenvalue weighted by Gasteiger charge is 2.43. The number of hydrogen-bond acceptors (Lipinski definition) is 9. The Labute approximate surface area is 299 Å². The van der Waals surface area contributed by atoms with Gasteiger partial charge < -0.3 is 18.9 Å². The second-order valence-electron chi connectivity index (χ2n) is 13.0. The van der Waals surface area contributed by atoms with Crippen molar-refractivity contribution in [2.75, 3.05) is 13.2 Å².